The Bertz CT molecular complexity index is 999. The van der Waals surface area contributed by atoms with Crippen LogP contribution in [-0.2, 0) is 27.0 Å². The van der Waals surface area contributed by atoms with Gasteiger partial charge in [-0.25, -0.2) is 0 Å². The SMILES string of the molecule is Cc1csc(=O)n1CCC(=O)OCC(=O)Nc1ccc(C(F)(F)F)cc1[N+](=O)[O-]. The highest BCUT2D eigenvalue weighted by molar-refractivity contribution is 7.07. The van der Waals surface area contributed by atoms with Gasteiger partial charge in [-0.05, 0) is 19.1 Å². The molecule has 0 radical (unpaired) electrons. The third-order valence-electron chi connectivity index (χ3n) is 3.68. The molecular formula is C16H14F3N3O6S. The molecule has 9 nitrogen and oxygen atoms in total. The number of hydrogen-bond donors (Lipinski definition) is 1. The first-order valence-electron chi connectivity index (χ1n) is 7.95. The van der Waals surface area contributed by atoms with Gasteiger partial charge in [0, 0.05) is 23.7 Å². The van der Waals surface area contributed by atoms with E-state index in [1.165, 1.54) is 4.57 Å². The Hall–Kier alpha value is -3.22. The van der Waals surface area contributed by atoms with Gasteiger partial charge in [0.25, 0.3) is 11.6 Å². The van der Waals surface area contributed by atoms with Crippen molar-refractivity contribution in [1.82, 2.24) is 4.57 Å². The highest BCUT2D eigenvalue weighted by Crippen LogP contribution is 2.34. The van der Waals surface area contributed by atoms with Crippen molar-refractivity contribution >= 4 is 34.6 Å². The van der Waals surface area contributed by atoms with Crippen LogP contribution in [0.5, 0.6) is 0 Å². The van der Waals surface area contributed by atoms with E-state index in [0.29, 0.717) is 17.8 Å². The molecule has 0 fully saturated rings. The number of nitrogens with zero attached hydrogens (tertiary/aromatic N) is 2. The number of carbonyl (C=O) groups excluding carboxylic acids is 2. The molecule has 13 heteroatoms. The summed E-state index contributed by atoms with van der Waals surface area (Å²) >= 11 is 0.974. The molecule has 0 bridgehead atoms. The summed E-state index contributed by atoms with van der Waals surface area (Å²) < 4.78 is 44.1. The highest BCUT2D eigenvalue weighted by atomic mass is 32.1. The minimum absolute atomic E-state index is 0.0546. The van der Waals surface area contributed by atoms with Crippen LogP contribution in [0.25, 0.3) is 0 Å². The minimum atomic E-state index is -4.79. The van der Waals surface area contributed by atoms with E-state index in [2.05, 4.69) is 0 Å². The van der Waals surface area contributed by atoms with E-state index in [4.69, 9.17) is 4.74 Å². The number of aromatic nitrogens is 1. The summed E-state index contributed by atoms with van der Waals surface area (Å²) in [5, 5.41) is 14.6. The normalized spacial score (nSPS) is 11.2. The highest BCUT2D eigenvalue weighted by Gasteiger charge is 2.33. The second kappa shape index (κ2) is 8.86. The molecule has 1 heterocycles. The molecule has 0 spiro atoms. The predicted octanol–water partition coefficient (Wildman–Crippen LogP) is 2.72. The van der Waals surface area contributed by atoms with Gasteiger partial charge in [-0.2, -0.15) is 13.2 Å². The zero-order valence-corrected chi connectivity index (χ0v) is 15.6. The van der Waals surface area contributed by atoms with Crippen molar-refractivity contribution in [2.45, 2.75) is 26.1 Å². The number of anilines is 1. The molecule has 156 valence electrons. The van der Waals surface area contributed by atoms with E-state index in [1.807, 2.05) is 5.32 Å². The average Bonchev–Trinajstić information content (AvgIpc) is 2.95. The van der Waals surface area contributed by atoms with E-state index in [0.717, 1.165) is 17.4 Å². The van der Waals surface area contributed by atoms with Crippen molar-refractivity contribution in [3.05, 3.63) is 54.6 Å². The lowest BCUT2D eigenvalue weighted by Crippen LogP contribution is -2.23. The molecular weight excluding hydrogens is 419 g/mol. The Morgan fingerprint density at radius 1 is 1.34 bits per heavy atom. The molecule has 0 aliphatic heterocycles. The Morgan fingerprint density at radius 3 is 2.59 bits per heavy atom. The Kier molecular flexibility index (Phi) is 6.74. The maximum atomic E-state index is 12.7. The number of aryl methyl sites for hydroxylation is 1. The van der Waals surface area contributed by atoms with Crippen LogP contribution in [0, 0.1) is 17.0 Å². The summed E-state index contributed by atoms with van der Waals surface area (Å²) in [5.41, 5.74) is -2.00. The first kappa shape index (κ1) is 22.1. The molecule has 0 aliphatic carbocycles. The second-order valence-electron chi connectivity index (χ2n) is 5.74. The number of benzene rings is 1. The van der Waals surface area contributed by atoms with Crippen LogP contribution in [-0.4, -0.2) is 28.0 Å². The summed E-state index contributed by atoms with van der Waals surface area (Å²) in [7, 11) is 0. The number of esters is 1. The lowest BCUT2D eigenvalue weighted by atomic mass is 10.1. The number of alkyl halides is 3. The molecule has 1 aromatic heterocycles. The van der Waals surface area contributed by atoms with Gasteiger partial charge in [0.05, 0.1) is 16.9 Å². The number of rotatable bonds is 7. The zero-order chi connectivity index (χ0) is 21.8. The average molecular weight is 433 g/mol. The van der Waals surface area contributed by atoms with E-state index in [9.17, 15) is 37.7 Å². The third kappa shape index (κ3) is 5.88. The molecule has 2 rings (SSSR count). The summed E-state index contributed by atoms with van der Waals surface area (Å²) in [6.45, 7) is 0.946. The molecule has 0 saturated carbocycles. The number of thiazole rings is 1. The van der Waals surface area contributed by atoms with Gasteiger partial charge in [-0.1, -0.05) is 11.3 Å². The van der Waals surface area contributed by atoms with E-state index in [-0.39, 0.29) is 17.8 Å². The first-order valence-corrected chi connectivity index (χ1v) is 8.83. The minimum Gasteiger partial charge on any atom is -0.456 e. The lowest BCUT2D eigenvalue weighted by Gasteiger charge is -2.10. The standard InChI is InChI=1S/C16H14F3N3O6S/c1-9-8-29-15(25)21(9)5-4-14(24)28-7-13(23)20-11-3-2-10(16(17,18)19)6-12(11)22(26)27/h2-3,6,8H,4-5,7H2,1H3,(H,20,23). The summed E-state index contributed by atoms with van der Waals surface area (Å²) in [6.07, 6.45) is -4.98. The number of nitro groups is 1. The number of hydrogen-bond acceptors (Lipinski definition) is 7. The smallest absolute Gasteiger partial charge is 0.416 e. The van der Waals surface area contributed by atoms with Crippen molar-refractivity contribution in [1.29, 1.82) is 0 Å². The Labute approximate surface area is 164 Å². The van der Waals surface area contributed by atoms with Crippen molar-refractivity contribution in [3.8, 4) is 0 Å². The summed E-state index contributed by atoms with van der Waals surface area (Å²) in [5.74, 6) is -1.76. The van der Waals surface area contributed by atoms with Gasteiger partial charge in [-0.3, -0.25) is 24.5 Å². The molecule has 2 aromatic rings. The van der Waals surface area contributed by atoms with Crippen molar-refractivity contribution in [2.75, 3.05) is 11.9 Å². The van der Waals surface area contributed by atoms with Gasteiger partial charge in [-0.15, -0.1) is 0 Å². The van der Waals surface area contributed by atoms with E-state index >= 15 is 0 Å². The monoisotopic (exact) mass is 433 g/mol. The number of carbonyl (C=O) groups is 2. The fraction of sp³-hybridized carbons (Fsp3) is 0.312. The quantitative estimate of drug-likeness (QED) is 0.407. The topological polar surface area (TPSA) is 121 Å². The van der Waals surface area contributed by atoms with Crippen LogP contribution >= 0.6 is 11.3 Å². The van der Waals surface area contributed by atoms with Gasteiger partial charge in [0.15, 0.2) is 6.61 Å². The van der Waals surface area contributed by atoms with E-state index in [1.54, 1.807) is 12.3 Å². The van der Waals surface area contributed by atoms with Crippen molar-refractivity contribution < 1.29 is 32.4 Å². The molecule has 29 heavy (non-hydrogen) atoms. The number of nitrogens with one attached hydrogen (secondary N) is 1. The van der Waals surface area contributed by atoms with Gasteiger partial charge in [0.2, 0.25) is 0 Å². The molecule has 0 aliphatic rings. The molecule has 1 amide bonds. The largest absolute Gasteiger partial charge is 0.456 e. The van der Waals surface area contributed by atoms with Crippen LogP contribution in [0.3, 0.4) is 0 Å². The fourth-order valence-corrected chi connectivity index (χ4v) is 3.01. The van der Waals surface area contributed by atoms with Gasteiger partial charge < -0.3 is 14.6 Å². The van der Waals surface area contributed by atoms with Crippen molar-refractivity contribution in [3.63, 3.8) is 0 Å². The first-order chi connectivity index (χ1) is 13.5. The predicted molar refractivity (Wildman–Crippen MR) is 95.6 cm³/mol. The fourth-order valence-electron chi connectivity index (χ4n) is 2.25. The zero-order valence-electron chi connectivity index (χ0n) is 14.8. The van der Waals surface area contributed by atoms with Gasteiger partial charge >= 0.3 is 17.0 Å². The molecule has 0 unspecified atom stereocenters. The number of nitro benzene ring substituents is 1. The van der Waals surface area contributed by atoms with Crippen LogP contribution in [0.4, 0.5) is 24.5 Å². The Balaban J connectivity index is 1.94. The third-order valence-corrected chi connectivity index (χ3v) is 4.56. The molecule has 0 saturated heterocycles. The Morgan fingerprint density at radius 2 is 2.03 bits per heavy atom. The summed E-state index contributed by atoms with van der Waals surface area (Å²) in [6, 6.07) is 1.62. The molecule has 1 aromatic carbocycles. The van der Waals surface area contributed by atoms with Crippen LogP contribution < -0.4 is 10.2 Å². The van der Waals surface area contributed by atoms with Crippen molar-refractivity contribution in [2.24, 2.45) is 0 Å². The van der Waals surface area contributed by atoms with Gasteiger partial charge in [0.1, 0.15) is 5.69 Å². The number of halogens is 3. The maximum absolute atomic E-state index is 12.7. The lowest BCUT2D eigenvalue weighted by molar-refractivity contribution is -0.384. The molecule has 1 N–H and O–H groups in total. The maximum Gasteiger partial charge on any atom is 0.416 e. The second-order valence-corrected chi connectivity index (χ2v) is 6.56. The van der Waals surface area contributed by atoms with E-state index < -0.39 is 46.5 Å². The van der Waals surface area contributed by atoms with Crippen LogP contribution in [0.15, 0.2) is 28.4 Å². The number of ether oxygens (including phenoxy) is 1. The van der Waals surface area contributed by atoms with Crippen LogP contribution in [0.2, 0.25) is 0 Å². The van der Waals surface area contributed by atoms with Crippen LogP contribution in [0.1, 0.15) is 17.7 Å². The number of amides is 1. The molecule has 0 atom stereocenters. The summed E-state index contributed by atoms with van der Waals surface area (Å²) in [4.78, 5) is 44.7.